The van der Waals surface area contributed by atoms with Crippen molar-refractivity contribution in [2.75, 3.05) is 13.1 Å². The van der Waals surface area contributed by atoms with Crippen LogP contribution >= 0.6 is 0 Å². The number of carbonyl (C=O) groups excluding carboxylic acids is 1. The topological polar surface area (TPSA) is 63.5 Å². The second kappa shape index (κ2) is 6.08. The van der Waals surface area contributed by atoms with Crippen molar-refractivity contribution in [1.82, 2.24) is 4.90 Å². The highest BCUT2D eigenvalue weighted by atomic mass is 19.1. The molecule has 0 saturated carbocycles. The van der Waals surface area contributed by atoms with Crippen LogP contribution in [0, 0.1) is 15.9 Å². The van der Waals surface area contributed by atoms with Crippen molar-refractivity contribution in [3.63, 3.8) is 0 Å². The molecule has 0 atom stereocenters. The molecule has 0 spiro atoms. The van der Waals surface area contributed by atoms with Gasteiger partial charge in [0, 0.05) is 24.7 Å². The van der Waals surface area contributed by atoms with Crippen molar-refractivity contribution in [2.45, 2.75) is 13.8 Å². The van der Waals surface area contributed by atoms with Gasteiger partial charge in [-0.25, -0.2) is 0 Å². The first-order valence-electron chi connectivity index (χ1n) is 5.74. The summed E-state index contributed by atoms with van der Waals surface area (Å²) < 4.78 is 13.2. The Balaban J connectivity index is 3.08. The summed E-state index contributed by atoms with van der Waals surface area (Å²) in [5.41, 5.74) is 0.195. The fraction of sp³-hybridized carbons (Fsp3) is 0.308. The van der Waals surface area contributed by atoms with Crippen LogP contribution in [0.3, 0.4) is 0 Å². The third kappa shape index (κ3) is 3.61. The minimum Gasteiger partial charge on any atom is -0.335 e. The maximum absolute atomic E-state index is 13.2. The van der Waals surface area contributed by atoms with Gasteiger partial charge in [-0.05, 0) is 26.0 Å². The van der Waals surface area contributed by atoms with Crippen molar-refractivity contribution >= 4 is 11.6 Å². The summed E-state index contributed by atoms with van der Waals surface area (Å²) >= 11 is 0. The molecule has 0 radical (unpaired) electrons. The Morgan fingerprint density at radius 2 is 2.16 bits per heavy atom. The minimum absolute atomic E-state index is 0.0937. The van der Waals surface area contributed by atoms with Crippen molar-refractivity contribution in [3.8, 4) is 0 Å². The fourth-order valence-corrected chi connectivity index (χ4v) is 1.62. The van der Waals surface area contributed by atoms with E-state index in [0.29, 0.717) is 13.1 Å². The largest absolute Gasteiger partial charge is 0.335 e. The number of benzene rings is 1. The van der Waals surface area contributed by atoms with Crippen molar-refractivity contribution < 1.29 is 14.1 Å². The molecule has 0 aliphatic carbocycles. The normalized spacial score (nSPS) is 10.1. The van der Waals surface area contributed by atoms with Gasteiger partial charge in [-0.15, -0.1) is 0 Å². The van der Waals surface area contributed by atoms with Gasteiger partial charge in [-0.3, -0.25) is 14.9 Å². The highest BCUT2D eigenvalue weighted by molar-refractivity contribution is 5.95. The average molecular weight is 266 g/mol. The quantitative estimate of drug-likeness (QED) is 0.467. The number of likely N-dealkylation sites (N-methyl/N-ethyl adjacent to an activating group) is 1. The maximum atomic E-state index is 13.2. The number of amides is 1. The summed E-state index contributed by atoms with van der Waals surface area (Å²) in [6.07, 6.45) is 0. The van der Waals surface area contributed by atoms with Gasteiger partial charge in [0.2, 0.25) is 5.82 Å². The lowest BCUT2D eigenvalue weighted by Gasteiger charge is -2.20. The van der Waals surface area contributed by atoms with Gasteiger partial charge in [0.1, 0.15) is 0 Å². The highest BCUT2D eigenvalue weighted by Gasteiger charge is 2.20. The second-order valence-corrected chi connectivity index (χ2v) is 4.20. The molecule has 19 heavy (non-hydrogen) atoms. The number of nitro groups is 1. The second-order valence-electron chi connectivity index (χ2n) is 4.20. The summed E-state index contributed by atoms with van der Waals surface area (Å²) in [7, 11) is 0. The summed E-state index contributed by atoms with van der Waals surface area (Å²) in [4.78, 5) is 23.4. The summed E-state index contributed by atoms with van der Waals surface area (Å²) in [6.45, 7) is 8.09. The van der Waals surface area contributed by atoms with E-state index >= 15 is 0 Å². The van der Waals surface area contributed by atoms with Crippen LogP contribution in [0.1, 0.15) is 24.2 Å². The monoisotopic (exact) mass is 266 g/mol. The van der Waals surface area contributed by atoms with E-state index in [0.717, 1.165) is 17.7 Å². The smallest absolute Gasteiger partial charge is 0.305 e. The van der Waals surface area contributed by atoms with E-state index in [-0.39, 0.29) is 11.5 Å². The predicted octanol–water partition coefficient (Wildman–Crippen LogP) is 2.77. The number of halogens is 1. The van der Waals surface area contributed by atoms with Crippen LogP contribution in [0.25, 0.3) is 0 Å². The van der Waals surface area contributed by atoms with Gasteiger partial charge < -0.3 is 4.90 Å². The Morgan fingerprint density at radius 3 is 2.63 bits per heavy atom. The summed E-state index contributed by atoms with van der Waals surface area (Å²) in [5, 5.41) is 10.6. The van der Waals surface area contributed by atoms with Crippen molar-refractivity contribution in [2.24, 2.45) is 0 Å². The van der Waals surface area contributed by atoms with E-state index in [2.05, 4.69) is 6.58 Å². The molecule has 6 heteroatoms. The van der Waals surface area contributed by atoms with Crippen LogP contribution in [0.4, 0.5) is 10.1 Å². The zero-order valence-electron chi connectivity index (χ0n) is 10.9. The van der Waals surface area contributed by atoms with E-state index in [4.69, 9.17) is 0 Å². The number of hydrogen-bond acceptors (Lipinski definition) is 3. The molecule has 5 nitrogen and oxygen atoms in total. The molecule has 1 aromatic carbocycles. The summed E-state index contributed by atoms with van der Waals surface area (Å²) in [5.74, 6) is -1.34. The van der Waals surface area contributed by atoms with Crippen molar-refractivity contribution in [1.29, 1.82) is 0 Å². The van der Waals surface area contributed by atoms with Crippen LogP contribution in [0.2, 0.25) is 0 Å². The predicted molar refractivity (Wildman–Crippen MR) is 69.4 cm³/mol. The number of hydrogen-bond donors (Lipinski definition) is 0. The van der Waals surface area contributed by atoms with Crippen LogP contribution in [0.15, 0.2) is 30.4 Å². The van der Waals surface area contributed by atoms with E-state index in [1.54, 1.807) is 13.8 Å². The molecule has 0 bridgehead atoms. The SMILES string of the molecule is C=C(C)CN(CC)C(=O)c1ccc(F)c([N+](=O)[O-])c1. The Hall–Kier alpha value is -2.24. The first kappa shape index (κ1) is 14.8. The van der Waals surface area contributed by atoms with Gasteiger partial charge >= 0.3 is 5.69 Å². The zero-order chi connectivity index (χ0) is 14.6. The van der Waals surface area contributed by atoms with E-state index in [9.17, 15) is 19.3 Å². The number of nitro benzene ring substituents is 1. The Bertz CT molecular complexity index is 529. The van der Waals surface area contributed by atoms with Gasteiger partial charge in [-0.1, -0.05) is 12.2 Å². The van der Waals surface area contributed by atoms with Gasteiger partial charge in [0.15, 0.2) is 0 Å². The van der Waals surface area contributed by atoms with Gasteiger partial charge in [-0.2, -0.15) is 4.39 Å². The van der Waals surface area contributed by atoms with Crippen LogP contribution in [0.5, 0.6) is 0 Å². The Kier molecular flexibility index (Phi) is 4.74. The zero-order valence-corrected chi connectivity index (χ0v) is 10.9. The first-order chi connectivity index (χ1) is 8.86. The molecule has 1 rings (SSSR count). The van der Waals surface area contributed by atoms with Crippen LogP contribution in [-0.2, 0) is 0 Å². The Labute approximate surface area is 110 Å². The molecular weight excluding hydrogens is 251 g/mol. The van der Waals surface area contributed by atoms with Crippen molar-refractivity contribution in [3.05, 3.63) is 51.8 Å². The number of carbonyl (C=O) groups is 1. The number of rotatable bonds is 5. The molecule has 1 amide bonds. The lowest BCUT2D eigenvalue weighted by molar-refractivity contribution is -0.387. The van der Waals surface area contributed by atoms with E-state index in [1.807, 2.05) is 0 Å². The third-order valence-electron chi connectivity index (χ3n) is 2.52. The molecule has 102 valence electrons. The van der Waals surface area contributed by atoms with Gasteiger partial charge in [0.25, 0.3) is 5.91 Å². The molecule has 0 unspecified atom stereocenters. The number of nitrogens with zero attached hydrogens (tertiary/aromatic N) is 2. The van der Waals surface area contributed by atoms with Crippen LogP contribution < -0.4 is 0 Å². The lowest BCUT2D eigenvalue weighted by Crippen LogP contribution is -2.32. The molecule has 0 aliphatic heterocycles. The molecule has 1 aromatic rings. The fourth-order valence-electron chi connectivity index (χ4n) is 1.62. The highest BCUT2D eigenvalue weighted by Crippen LogP contribution is 2.19. The molecule has 0 heterocycles. The average Bonchev–Trinajstić information content (AvgIpc) is 2.35. The Morgan fingerprint density at radius 1 is 1.53 bits per heavy atom. The molecular formula is C13H15FN2O3. The minimum atomic E-state index is -0.954. The maximum Gasteiger partial charge on any atom is 0.305 e. The molecule has 0 aliphatic rings. The molecule has 0 N–H and O–H groups in total. The molecule has 0 saturated heterocycles. The molecule has 0 aromatic heterocycles. The first-order valence-corrected chi connectivity index (χ1v) is 5.74. The summed E-state index contributed by atoms with van der Waals surface area (Å²) in [6, 6.07) is 3.13. The lowest BCUT2D eigenvalue weighted by atomic mass is 10.1. The molecule has 0 fully saturated rings. The van der Waals surface area contributed by atoms with E-state index in [1.165, 1.54) is 11.0 Å². The van der Waals surface area contributed by atoms with E-state index < -0.39 is 16.4 Å². The third-order valence-corrected chi connectivity index (χ3v) is 2.52. The standard InChI is InChI=1S/C13H15FN2O3/c1-4-15(8-9(2)3)13(17)10-5-6-11(14)12(7-10)16(18)19/h5-7H,2,4,8H2,1,3H3. The van der Waals surface area contributed by atoms with Crippen LogP contribution in [-0.4, -0.2) is 28.8 Å². The van der Waals surface area contributed by atoms with Gasteiger partial charge in [0.05, 0.1) is 4.92 Å².